The van der Waals surface area contributed by atoms with Crippen molar-refractivity contribution in [3.8, 4) is 0 Å². The summed E-state index contributed by atoms with van der Waals surface area (Å²) in [5, 5.41) is 12.5. The first-order valence-electron chi connectivity index (χ1n) is 6.03. The first-order chi connectivity index (χ1) is 8.63. The molecule has 0 fully saturated rings. The standard InChI is InChI=1S/C12H22N4O2/c1-10(17)9-16(2)12-14-7-11(8-15-12)6-13-4-5-18-3/h7-8,10,13,17H,4-6,9H2,1-3H3. The monoisotopic (exact) mass is 254 g/mol. The van der Waals surface area contributed by atoms with Gasteiger partial charge in [0.15, 0.2) is 0 Å². The molecule has 0 aromatic carbocycles. The summed E-state index contributed by atoms with van der Waals surface area (Å²) in [5.74, 6) is 0.622. The van der Waals surface area contributed by atoms with Crippen LogP contribution in [0.2, 0.25) is 0 Å². The molecule has 0 saturated heterocycles. The number of hydrogen-bond acceptors (Lipinski definition) is 6. The fraction of sp³-hybridized carbons (Fsp3) is 0.667. The predicted octanol–water partition coefficient (Wildman–Crippen LogP) is 0.0296. The van der Waals surface area contributed by atoms with Gasteiger partial charge in [-0.3, -0.25) is 0 Å². The van der Waals surface area contributed by atoms with Crippen LogP contribution in [0.15, 0.2) is 12.4 Å². The number of hydrogen-bond donors (Lipinski definition) is 2. The third-order valence-corrected chi connectivity index (χ3v) is 2.38. The van der Waals surface area contributed by atoms with E-state index in [9.17, 15) is 5.11 Å². The number of methoxy groups -OCH3 is 1. The van der Waals surface area contributed by atoms with Gasteiger partial charge in [-0.1, -0.05) is 0 Å². The highest BCUT2D eigenvalue weighted by Crippen LogP contribution is 2.05. The SMILES string of the molecule is COCCNCc1cnc(N(C)CC(C)O)nc1. The minimum Gasteiger partial charge on any atom is -0.392 e. The van der Waals surface area contributed by atoms with Crippen LogP contribution in [0, 0.1) is 0 Å². The van der Waals surface area contributed by atoms with Gasteiger partial charge < -0.3 is 20.1 Å². The van der Waals surface area contributed by atoms with Gasteiger partial charge in [-0.2, -0.15) is 0 Å². The van der Waals surface area contributed by atoms with E-state index in [0.29, 0.717) is 19.1 Å². The third kappa shape index (κ3) is 5.39. The summed E-state index contributed by atoms with van der Waals surface area (Å²) in [7, 11) is 3.54. The van der Waals surface area contributed by atoms with Gasteiger partial charge in [-0.25, -0.2) is 9.97 Å². The molecule has 0 saturated carbocycles. The van der Waals surface area contributed by atoms with E-state index < -0.39 is 6.10 Å². The van der Waals surface area contributed by atoms with Crippen molar-refractivity contribution in [3.63, 3.8) is 0 Å². The minimum atomic E-state index is -0.394. The molecule has 0 bridgehead atoms. The molecule has 6 heteroatoms. The van der Waals surface area contributed by atoms with E-state index in [2.05, 4.69) is 15.3 Å². The van der Waals surface area contributed by atoms with Gasteiger partial charge in [0.05, 0.1) is 12.7 Å². The quantitative estimate of drug-likeness (QED) is 0.638. The smallest absolute Gasteiger partial charge is 0.225 e. The maximum absolute atomic E-state index is 9.29. The second-order valence-corrected chi connectivity index (χ2v) is 4.29. The maximum Gasteiger partial charge on any atom is 0.225 e. The van der Waals surface area contributed by atoms with Crippen LogP contribution in [-0.2, 0) is 11.3 Å². The molecule has 6 nitrogen and oxygen atoms in total. The van der Waals surface area contributed by atoms with Crippen molar-refractivity contribution in [2.75, 3.05) is 38.8 Å². The minimum absolute atomic E-state index is 0.394. The molecule has 0 aliphatic carbocycles. The fourth-order valence-corrected chi connectivity index (χ4v) is 1.52. The molecule has 0 amide bonds. The van der Waals surface area contributed by atoms with Crippen LogP contribution in [0.5, 0.6) is 0 Å². The Hall–Kier alpha value is -1.24. The van der Waals surface area contributed by atoms with Gasteiger partial charge >= 0.3 is 0 Å². The number of nitrogens with zero attached hydrogens (tertiary/aromatic N) is 3. The first kappa shape index (κ1) is 14.8. The highest BCUT2D eigenvalue weighted by molar-refractivity contribution is 5.28. The molecule has 102 valence electrons. The average molecular weight is 254 g/mol. The zero-order valence-electron chi connectivity index (χ0n) is 11.3. The summed E-state index contributed by atoms with van der Waals surface area (Å²) in [4.78, 5) is 10.4. The van der Waals surface area contributed by atoms with E-state index >= 15 is 0 Å². The molecule has 1 atom stereocenters. The Morgan fingerprint density at radius 2 is 2.11 bits per heavy atom. The van der Waals surface area contributed by atoms with Crippen molar-refractivity contribution in [3.05, 3.63) is 18.0 Å². The number of aliphatic hydroxyl groups excluding tert-OH is 1. The Morgan fingerprint density at radius 3 is 2.67 bits per heavy atom. The van der Waals surface area contributed by atoms with Crippen LogP contribution in [0.4, 0.5) is 5.95 Å². The molecule has 0 aliphatic rings. The van der Waals surface area contributed by atoms with E-state index in [1.165, 1.54) is 0 Å². The first-order valence-corrected chi connectivity index (χ1v) is 6.03. The summed E-state index contributed by atoms with van der Waals surface area (Å²) in [5.41, 5.74) is 1.03. The summed E-state index contributed by atoms with van der Waals surface area (Å²) < 4.78 is 4.94. The number of nitrogens with one attached hydrogen (secondary N) is 1. The predicted molar refractivity (Wildman–Crippen MR) is 70.6 cm³/mol. The highest BCUT2D eigenvalue weighted by Gasteiger charge is 2.06. The van der Waals surface area contributed by atoms with Crippen LogP contribution in [-0.4, -0.2) is 55.0 Å². The van der Waals surface area contributed by atoms with E-state index in [4.69, 9.17) is 4.74 Å². The van der Waals surface area contributed by atoms with Crippen LogP contribution in [0.3, 0.4) is 0 Å². The van der Waals surface area contributed by atoms with Gasteiger partial charge in [0.2, 0.25) is 5.95 Å². The number of anilines is 1. The lowest BCUT2D eigenvalue weighted by Gasteiger charge is -2.18. The number of rotatable bonds is 8. The molecule has 2 N–H and O–H groups in total. The lowest BCUT2D eigenvalue weighted by Crippen LogP contribution is -2.28. The van der Waals surface area contributed by atoms with Gasteiger partial charge in [0.1, 0.15) is 0 Å². The second-order valence-electron chi connectivity index (χ2n) is 4.29. The number of likely N-dealkylation sites (N-methyl/N-ethyl adjacent to an activating group) is 1. The number of aromatic nitrogens is 2. The van der Waals surface area contributed by atoms with Gasteiger partial charge in [-0.05, 0) is 6.92 Å². The van der Waals surface area contributed by atoms with E-state index in [1.54, 1.807) is 26.4 Å². The number of aliphatic hydroxyl groups is 1. The molecular weight excluding hydrogens is 232 g/mol. The molecular formula is C12H22N4O2. The topological polar surface area (TPSA) is 70.5 Å². The van der Waals surface area contributed by atoms with E-state index in [0.717, 1.165) is 18.7 Å². The van der Waals surface area contributed by atoms with Crippen molar-refractivity contribution in [1.82, 2.24) is 15.3 Å². The molecule has 18 heavy (non-hydrogen) atoms. The van der Waals surface area contributed by atoms with Crippen LogP contribution >= 0.6 is 0 Å². The van der Waals surface area contributed by atoms with E-state index in [1.807, 2.05) is 11.9 Å². The Morgan fingerprint density at radius 1 is 1.44 bits per heavy atom. The Bertz CT molecular complexity index is 329. The lowest BCUT2D eigenvalue weighted by molar-refractivity contribution is 0.199. The molecule has 1 rings (SSSR count). The van der Waals surface area contributed by atoms with Crippen molar-refractivity contribution in [2.24, 2.45) is 0 Å². The summed E-state index contributed by atoms with van der Waals surface area (Å²) in [6.07, 6.45) is 3.19. The van der Waals surface area contributed by atoms with Crippen LogP contribution < -0.4 is 10.2 Å². The van der Waals surface area contributed by atoms with Crippen molar-refractivity contribution < 1.29 is 9.84 Å². The van der Waals surface area contributed by atoms with Crippen molar-refractivity contribution in [1.29, 1.82) is 0 Å². The molecule has 1 unspecified atom stereocenters. The molecule has 0 aliphatic heterocycles. The molecule has 1 aromatic rings. The average Bonchev–Trinajstić information content (AvgIpc) is 2.34. The molecule has 0 radical (unpaired) electrons. The second kappa shape index (κ2) is 7.97. The fourth-order valence-electron chi connectivity index (χ4n) is 1.52. The zero-order valence-corrected chi connectivity index (χ0v) is 11.3. The number of ether oxygens (including phenoxy) is 1. The summed E-state index contributed by atoms with van der Waals surface area (Å²) in [6, 6.07) is 0. The summed E-state index contributed by atoms with van der Waals surface area (Å²) in [6.45, 7) is 4.48. The highest BCUT2D eigenvalue weighted by atomic mass is 16.5. The molecule has 0 spiro atoms. The van der Waals surface area contributed by atoms with Crippen molar-refractivity contribution in [2.45, 2.75) is 19.6 Å². The Kier molecular flexibility index (Phi) is 6.56. The third-order valence-electron chi connectivity index (χ3n) is 2.38. The maximum atomic E-state index is 9.29. The van der Waals surface area contributed by atoms with Crippen LogP contribution in [0.1, 0.15) is 12.5 Å². The Balaban J connectivity index is 2.42. The Labute approximate surface area is 108 Å². The largest absolute Gasteiger partial charge is 0.392 e. The van der Waals surface area contributed by atoms with Crippen molar-refractivity contribution >= 4 is 5.95 Å². The molecule has 1 heterocycles. The van der Waals surface area contributed by atoms with Gasteiger partial charge in [-0.15, -0.1) is 0 Å². The lowest BCUT2D eigenvalue weighted by atomic mass is 10.3. The molecule has 1 aromatic heterocycles. The van der Waals surface area contributed by atoms with Crippen LogP contribution in [0.25, 0.3) is 0 Å². The van der Waals surface area contributed by atoms with E-state index in [-0.39, 0.29) is 0 Å². The zero-order chi connectivity index (χ0) is 13.4. The van der Waals surface area contributed by atoms with Gasteiger partial charge in [0, 0.05) is 51.7 Å². The normalized spacial score (nSPS) is 12.4. The summed E-state index contributed by atoms with van der Waals surface area (Å²) >= 11 is 0. The van der Waals surface area contributed by atoms with Gasteiger partial charge in [0.25, 0.3) is 0 Å².